The van der Waals surface area contributed by atoms with Crippen LogP contribution in [0.2, 0.25) is 5.02 Å². The second-order valence-corrected chi connectivity index (χ2v) is 9.09. The average molecular weight is 506 g/mol. The number of halogens is 1. The number of carbonyl (C=O) groups is 2. The van der Waals surface area contributed by atoms with E-state index in [-0.39, 0.29) is 41.8 Å². The van der Waals surface area contributed by atoms with Crippen molar-refractivity contribution in [3.8, 4) is 0 Å². The number of hydrogen-bond donors (Lipinski definition) is 3. The summed E-state index contributed by atoms with van der Waals surface area (Å²) in [5, 5.41) is 13.5. The first-order valence-corrected chi connectivity index (χ1v) is 12.0. The molecule has 1 saturated heterocycles. The van der Waals surface area contributed by atoms with E-state index >= 15 is 0 Å². The first-order chi connectivity index (χ1) is 17.5. The van der Waals surface area contributed by atoms with Crippen molar-refractivity contribution in [1.29, 1.82) is 0 Å². The van der Waals surface area contributed by atoms with Gasteiger partial charge in [0, 0.05) is 36.1 Å². The molecule has 1 aromatic carbocycles. The Morgan fingerprint density at radius 1 is 1.14 bits per heavy atom. The van der Waals surface area contributed by atoms with Crippen LogP contribution in [0.5, 0.6) is 0 Å². The Balaban J connectivity index is 1.38. The summed E-state index contributed by atoms with van der Waals surface area (Å²) in [5.41, 5.74) is 2.51. The lowest BCUT2D eigenvalue weighted by molar-refractivity contribution is -0.0224. The summed E-state index contributed by atoms with van der Waals surface area (Å²) >= 11 is 6.51. The van der Waals surface area contributed by atoms with Crippen LogP contribution in [0.25, 0.3) is 11.0 Å². The third-order valence-corrected chi connectivity index (χ3v) is 6.59. The third kappa shape index (κ3) is 4.99. The van der Waals surface area contributed by atoms with Gasteiger partial charge in [-0.05, 0) is 42.7 Å². The van der Waals surface area contributed by atoms with Gasteiger partial charge in [-0.1, -0.05) is 17.7 Å². The van der Waals surface area contributed by atoms with Crippen molar-refractivity contribution in [3.63, 3.8) is 0 Å². The minimum absolute atomic E-state index is 0.00161. The van der Waals surface area contributed by atoms with E-state index in [1.807, 2.05) is 0 Å². The molecule has 3 aromatic heterocycles. The molecule has 2 atom stereocenters. The van der Waals surface area contributed by atoms with Crippen LogP contribution < -0.4 is 5.32 Å². The highest BCUT2D eigenvalue weighted by atomic mass is 35.5. The molecule has 9 nitrogen and oxygen atoms in total. The minimum Gasteiger partial charge on any atom is -0.394 e. The fourth-order valence-corrected chi connectivity index (χ4v) is 4.62. The molecule has 0 saturated carbocycles. The molecule has 0 bridgehead atoms. The van der Waals surface area contributed by atoms with Crippen LogP contribution in [0.3, 0.4) is 0 Å². The van der Waals surface area contributed by atoms with Gasteiger partial charge in [0.1, 0.15) is 17.8 Å². The number of carbonyl (C=O) groups excluding carboxylic acids is 2. The molecule has 5 rings (SSSR count). The van der Waals surface area contributed by atoms with Crippen LogP contribution in [0.15, 0.2) is 55.2 Å². The number of aromatic amines is 1. The number of aliphatic hydroxyl groups excluding tert-OH is 1. The molecular formula is C26H24ClN5O4. The maximum Gasteiger partial charge on any atom is 0.196 e. The zero-order valence-corrected chi connectivity index (χ0v) is 20.0. The predicted octanol–water partition coefficient (Wildman–Crippen LogP) is 3.61. The zero-order valence-electron chi connectivity index (χ0n) is 19.3. The summed E-state index contributed by atoms with van der Waals surface area (Å²) < 4.78 is 5.66. The number of rotatable bonds is 8. The van der Waals surface area contributed by atoms with Crippen molar-refractivity contribution in [1.82, 2.24) is 19.9 Å². The topological polar surface area (TPSA) is 130 Å². The highest BCUT2D eigenvalue weighted by Gasteiger charge is 2.25. The SMILES string of the molecule is O=C(Cc1ccc(C(=O)c2c[nH]c3ncnc(N[C@H]4CC[C@@H](CO)OC4)c23)c(Cl)c1)c1ccncc1. The molecule has 0 amide bonds. The number of aliphatic hydroxyl groups is 1. The van der Waals surface area contributed by atoms with Gasteiger partial charge in [0.25, 0.3) is 0 Å². The molecule has 0 radical (unpaired) electrons. The number of benzene rings is 1. The number of ether oxygens (including phenoxy) is 1. The highest BCUT2D eigenvalue weighted by molar-refractivity contribution is 6.35. The summed E-state index contributed by atoms with van der Waals surface area (Å²) in [4.78, 5) is 41.6. The molecule has 4 aromatic rings. The number of aromatic nitrogens is 4. The quantitative estimate of drug-likeness (QED) is 0.309. The molecule has 1 aliphatic rings. The fraction of sp³-hybridized carbons (Fsp3) is 0.269. The number of H-pyrrole nitrogens is 1. The summed E-state index contributed by atoms with van der Waals surface area (Å²) in [5.74, 6) is 0.182. The van der Waals surface area contributed by atoms with Gasteiger partial charge in [-0.25, -0.2) is 9.97 Å². The molecule has 36 heavy (non-hydrogen) atoms. The molecule has 184 valence electrons. The van der Waals surface area contributed by atoms with Crippen molar-refractivity contribution in [2.24, 2.45) is 0 Å². The number of nitrogens with zero attached hydrogens (tertiary/aromatic N) is 3. The van der Waals surface area contributed by atoms with Gasteiger partial charge >= 0.3 is 0 Å². The van der Waals surface area contributed by atoms with Crippen molar-refractivity contribution in [3.05, 3.63) is 82.5 Å². The molecule has 0 aliphatic carbocycles. The van der Waals surface area contributed by atoms with Gasteiger partial charge in [-0.15, -0.1) is 0 Å². The Morgan fingerprint density at radius 2 is 1.97 bits per heavy atom. The number of hydrogen-bond acceptors (Lipinski definition) is 8. The maximum atomic E-state index is 13.5. The van der Waals surface area contributed by atoms with Gasteiger partial charge in [-0.3, -0.25) is 14.6 Å². The van der Waals surface area contributed by atoms with Crippen molar-refractivity contribution >= 4 is 40.0 Å². The Labute approximate surface area is 211 Å². The summed E-state index contributed by atoms with van der Waals surface area (Å²) in [6.07, 6.45) is 7.71. The minimum atomic E-state index is -0.281. The van der Waals surface area contributed by atoms with Crippen molar-refractivity contribution < 1.29 is 19.4 Å². The van der Waals surface area contributed by atoms with E-state index in [9.17, 15) is 14.7 Å². The molecule has 0 spiro atoms. The molecular weight excluding hydrogens is 482 g/mol. The van der Waals surface area contributed by atoms with E-state index in [0.717, 1.165) is 12.8 Å². The highest BCUT2D eigenvalue weighted by Crippen LogP contribution is 2.30. The molecule has 1 fully saturated rings. The predicted molar refractivity (Wildman–Crippen MR) is 135 cm³/mol. The first-order valence-electron chi connectivity index (χ1n) is 11.6. The summed E-state index contributed by atoms with van der Waals surface area (Å²) in [6, 6.07) is 8.34. The second kappa shape index (κ2) is 10.5. The van der Waals surface area contributed by atoms with Crippen LogP contribution in [-0.4, -0.2) is 62.0 Å². The van der Waals surface area contributed by atoms with Gasteiger partial charge < -0.3 is 20.1 Å². The lowest BCUT2D eigenvalue weighted by atomic mass is 9.99. The van der Waals surface area contributed by atoms with E-state index in [1.54, 1.807) is 48.9 Å². The van der Waals surface area contributed by atoms with E-state index in [2.05, 4.69) is 25.3 Å². The Morgan fingerprint density at radius 3 is 2.69 bits per heavy atom. The van der Waals surface area contributed by atoms with E-state index in [0.29, 0.717) is 45.7 Å². The fourth-order valence-electron chi connectivity index (χ4n) is 4.33. The van der Waals surface area contributed by atoms with Crippen LogP contribution in [0.1, 0.15) is 44.7 Å². The summed E-state index contributed by atoms with van der Waals surface area (Å²) in [7, 11) is 0. The monoisotopic (exact) mass is 505 g/mol. The summed E-state index contributed by atoms with van der Waals surface area (Å²) in [6.45, 7) is 0.425. The van der Waals surface area contributed by atoms with Gasteiger partial charge in [0.05, 0.1) is 41.3 Å². The molecule has 3 N–H and O–H groups in total. The van der Waals surface area contributed by atoms with Crippen LogP contribution >= 0.6 is 11.6 Å². The van der Waals surface area contributed by atoms with Gasteiger partial charge in [0.15, 0.2) is 11.6 Å². The van der Waals surface area contributed by atoms with Crippen LogP contribution in [-0.2, 0) is 11.2 Å². The molecule has 4 heterocycles. The Hall–Kier alpha value is -3.66. The van der Waals surface area contributed by atoms with Crippen molar-refractivity contribution in [2.75, 3.05) is 18.5 Å². The van der Waals surface area contributed by atoms with Crippen LogP contribution in [0, 0.1) is 0 Å². The number of anilines is 1. The first kappa shape index (κ1) is 24.1. The third-order valence-electron chi connectivity index (χ3n) is 6.27. The van der Waals surface area contributed by atoms with Gasteiger partial charge in [0.2, 0.25) is 0 Å². The largest absolute Gasteiger partial charge is 0.394 e. The van der Waals surface area contributed by atoms with Crippen LogP contribution in [0.4, 0.5) is 5.82 Å². The van der Waals surface area contributed by atoms with Gasteiger partial charge in [-0.2, -0.15) is 0 Å². The Kier molecular flexibility index (Phi) is 7.04. The number of ketones is 2. The number of Topliss-reactive ketones (excluding diaryl/α,β-unsaturated/α-hetero) is 1. The lowest BCUT2D eigenvalue weighted by Gasteiger charge is -2.29. The standard InChI is InChI=1S/C26H24ClN5O4/c27-21-9-15(10-22(34)16-5-7-28-8-6-16)1-4-19(21)24(35)20-11-29-25-23(20)26(31-14-30-25)32-17-2-3-18(12-33)36-13-17/h1,4-9,11,14,17-18,33H,2-3,10,12-13H2,(H2,29,30,31,32)/t17-,18-/m0/s1. The smallest absolute Gasteiger partial charge is 0.196 e. The average Bonchev–Trinajstić information content (AvgIpc) is 3.35. The number of nitrogens with one attached hydrogen (secondary N) is 2. The molecule has 1 aliphatic heterocycles. The van der Waals surface area contributed by atoms with E-state index in [1.165, 1.54) is 6.33 Å². The second-order valence-electron chi connectivity index (χ2n) is 8.68. The molecule has 0 unspecified atom stereocenters. The van der Waals surface area contributed by atoms with E-state index in [4.69, 9.17) is 16.3 Å². The maximum absolute atomic E-state index is 13.5. The zero-order chi connectivity index (χ0) is 25.1. The number of pyridine rings is 1. The molecule has 10 heteroatoms. The Bertz CT molecular complexity index is 1400. The lowest BCUT2D eigenvalue weighted by Crippen LogP contribution is -2.36. The normalized spacial score (nSPS) is 17.7. The van der Waals surface area contributed by atoms with E-state index < -0.39 is 0 Å². The number of fused-ring (bicyclic) bond motifs is 1. The van der Waals surface area contributed by atoms with Crippen molar-refractivity contribution in [2.45, 2.75) is 31.4 Å².